The second kappa shape index (κ2) is 4.15. The van der Waals surface area contributed by atoms with E-state index < -0.39 is 11.8 Å². The van der Waals surface area contributed by atoms with Crippen LogP contribution >= 0.6 is 0 Å². The summed E-state index contributed by atoms with van der Waals surface area (Å²) in [6.45, 7) is 1.89. The molecule has 0 N–H and O–H groups in total. The van der Waals surface area contributed by atoms with Crippen LogP contribution in [0.25, 0.3) is 0 Å². The molecule has 2 rings (SSSR count). The molecule has 90 valence electrons. The molecule has 0 spiro atoms. The molecule has 1 aliphatic heterocycles. The fourth-order valence-electron chi connectivity index (χ4n) is 2.34. The van der Waals surface area contributed by atoms with Crippen molar-refractivity contribution >= 4 is 5.91 Å². The summed E-state index contributed by atoms with van der Waals surface area (Å²) in [5.41, 5.74) is 0.817. The van der Waals surface area contributed by atoms with Crippen LogP contribution < -0.4 is 0 Å². The average molecular weight is 229 g/mol. The van der Waals surface area contributed by atoms with Gasteiger partial charge in [-0.05, 0) is 19.3 Å². The van der Waals surface area contributed by atoms with Crippen molar-refractivity contribution in [2.75, 3.05) is 13.1 Å². The minimum atomic E-state index is -2.61. The first-order valence-corrected chi connectivity index (χ1v) is 5.87. The molecule has 0 bridgehead atoms. The van der Waals surface area contributed by atoms with Crippen molar-refractivity contribution in [1.82, 2.24) is 4.90 Å². The van der Waals surface area contributed by atoms with E-state index >= 15 is 0 Å². The lowest BCUT2D eigenvalue weighted by Gasteiger charge is -2.36. The number of halogens is 2. The summed E-state index contributed by atoms with van der Waals surface area (Å²) in [6.07, 6.45) is 4.51. The highest BCUT2D eigenvalue weighted by atomic mass is 19.3. The number of carbonyl (C=O) groups is 1. The number of hydrogen-bond acceptors (Lipinski definition) is 1. The van der Waals surface area contributed by atoms with Gasteiger partial charge in [0.15, 0.2) is 0 Å². The zero-order valence-electron chi connectivity index (χ0n) is 9.51. The standard InChI is InChI=1S/C12H17F2NO/c1-9-8-15(7-6-12(9,13)14)11(16)10-4-2-3-5-10/h4,9H,2-3,5-8H2,1H3. The van der Waals surface area contributed by atoms with Crippen LogP contribution in [0.5, 0.6) is 0 Å². The summed E-state index contributed by atoms with van der Waals surface area (Å²) < 4.78 is 26.5. The summed E-state index contributed by atoms with van der Waals surface area (Å²) in [7, 11) is 0. The third kappa shape index (κ3) is 2.11. The Balaban J connectivity index is 1.99. The van der Waals surface area contributed by atoms with Crippen LogP contribution in [0, 0.1) is 5.92 Å². The highest BCUT2D eigenvalue weighted by molar-refractivity contribution is 5.93. The molecule has 0 radical (unpaired) electrons. The number of alkyl halides is 2. The zero-order chi connectivity index (χ0) is 11.8. The predicted molar refractivity (Wildman–Crippen MR) is 57.2 cm³/mol. The Kier molecular flexibility index (Phi) is 3.00. The van der Waals surface area contributed by atoms with E-state index in [-0.39, 0.29) is 25.4 Å². The molecule has 4 heteroatoms. The van der Waals surface area contributed by atoms with Gasteiger partial charge >= 0.3 is 0 Å². The van der Waals surface area contributed by atoms with Crippen LogP contribution in [0.4, 0.5) is 8.78 Å². The van der Waals surface area contributed by atoms with Crippen molar-refractivity contribution in [1.29, 1.82) is 0 Å². The Labute approximate surface area is 94.3 Å². The first kappa shape index (κ1) is 11.6. The smallest absolute Gasteiger partial charge is 0.254 e. The van der Waals surface area contributed by atoms with Crippen molar-refractivity contribution in [2.24, 2.45) is 5.92 Å². The number of nitrogens with zero attached hydrogens (tertiary/aromatic N) is 1. The molecule has 0 aromatic rings. The van der Waals surface area contributed by atoms with Crippen molar-refractivity contribution in [3.8, 4) is 0 Å². The Morgan fingerprint density at radius 1 is 1.56 bits per heavy atom. The number of hydrogen-bond donors (Lipinski definition) is 0. The maximum absolute atomic E-state index is 13.3. The van der Waals surface area contributed by atoms with Gasteiger partial charge in [-0.2, -0.15) is 0 Å². The third-order valence-corrected chi connectivity index (χ3v) is 3.53. The van der Waals surface area contributed by atoms with Crippen LogP contribution in [0.15, 0.2) is 11.6 Å². The van der Waals surface area contributed by atoms with E-state index in [4.69, 9.17) is 0 Å². The van der Waals surface area contributed by atoms with Crippen molar-refractivity contribution in [3.05, 3.63) is 11.6 Å². The second-order valence-electron chi connectivity index (χ2n) is 4.78. The summed E-state index contributed by atoms with van der Waals surface area (Å²) in [5, 5.41) is 0. The summed E-state index contributed by atoms with van der Waals surface area (Å²) in [6, 6.07) is 0. The maximum atomic E-state index is 13.3. The van der Waals surface area contributed by atoms with Crippen LogP contribution in [0.3, 0.4) is 0 Å². The van der Waals surface area contributed by atoms with Gasteiger partial charge in [0.2, 0.25) is 5.91 Å². The highest BCUT2D eigenvalue weighted by Crippen LogP contribution is 2.34. The van der Waals surface area contributed by atoms with Crippen LogP contribution in [-0.4, -0.2) is 29.8 Å². The fourth-order valence-corrected chi connectivity index (χ4v) is 2.34. The van der Waals surface area contributed by atoms with E-state index in [1.807, 2.05) is 6.08 Å². The molecule has 1 heterocycles. The minimum Gasteiger partial charge on any atom is -0.338 e. The normalized spacial score (nSPS) is 29.1. The molecular formula is C12H17F2NO. The number of carbonyl (C=O) groups excluding carboxylic acids is 1. The monoisotopic (exact) mass is 229 g/mol. The molecule has 2 aliphatic rings. The molecule has 1 fully saturated rings. The van der Waals surface area contributed by atoms with Gasteiger partial charge in [-0.15, -0.1) is 0 Å². The van der Waals surface area contributed by atoms with E-state index in [0.717, 1.165) is 24.8 Å². The number of likely N-dealkylation sites (tertiary alicyclic amines) is 1. The van der Waals surface area contributed by atoms with Gasteiger partial charge in [-0.25, -0.2) is 8.78 Å². The second-order valence-corrected chi connectivity index (χ2v) is 4.78. The Hall–Kier alpha value is -0.930. The van der Waals surface area contributed by atoms with Crippen molar-refractivity contribution < 1.29 is 13.6 Å². The predicted octanol–water partition coefficient (Wildman–Crippen LogP) is 2.60. The number of piperidine rings is 1. The lowest BCUT2D eigenvalue weighted by Crippen LogP contribution is -2.48. The van der Waals surface area contributed by atoms with E-state index in [0.29, 0.717) is 0 Å². The zero-order valence-corrected chi connectivity index (χ0v) is 9.51. The van der Waals surface area contributed by atoms with E-state index in [1.165, 1.54) is 6.92 Å². The molecule has 16 heavy (non-hydrogen) atoms. The van der Waals surface area contributed by atoms with Gasteiger partial charge in [0.1, 0.15) is 0 Å². The van der Waals surface area contributed by atoms with Gasteiger partial charge in [0, 0.05) is 31.0 Å². The topological polar surface area (TPSA) is 20.3 Å². The first-order chi connectivity index (χ1) is 7.50. The van der Waals surface area contributed by atoms with Gasteiger partial charge in [-0.3, -0.25) is 4.79 Å². The first-order valence-electron chi connectivity index (χ1n) is 5.87. The van der Waals surface area contributed by atoms with Gasteiger partial charge in [-0.1, -0.05) is 13.0 Å². The Bertz CT molecular complexity index is 325. The van der Waals surface area contributed by atoms with Crippen molar-refractivity contribution in [2.45, 2.75) is 38.5 Å². The van der Waals surface area contributed by atoms with Crippen molar-refractivity contribution in [3.63, 3.8) is 0 Å². The molecule has 0 aromatic carbocycles. The van der Waals surface area contributed by atoms with E-state index in [2.05, 4.69) is 0 Å². The fraction of sp³-hybridized carbons (Fsp3) is 0.750. The molecule has 1 aliphatic carbocycles. The number of allylic oxidation sites excluding steroid dienone is 1. The van der Waals surface area contributed by atoms with Gasteiger partial charge in [0.05, 0.1) is 0 Å². The van der Waals surface area contributed by atoms with Gasteiger partial charge in [0.25, 0.3) is 5.92 Å². The number of rotatable bonds is 1. The molecule has 1 amide bonds. The van der Waals surface area contributed by atoms with Crippen LogP contribution in [0.2, 0.25) is 0 Å². The molecule has 2 nitrogen and oxygen atoms in total. The molecule has 1 unspecified atom stereocenters. The molecule has 1 saturated heterocycles. The summed E-state index contributed by atoms with van der Waals surface area (Å²) in [4.78, 5) is 13.6. The largest absolute Gasteiger partial charge is 0.338 e. The molecule has 1 atom stereocenters. The quantitative estimate of drug-likeness (QED) is 0.676. The SMILES string of the molecule is CC1CN(C(=O)C2=CCCC2)CCC1(F)F. The van der Waals surface area contributed by atoms with Crippen LogP contribution in [-0.2, 0) is 4.79 Å². The van der Waals surface area contributed by atoms with E-state index in [1.54, 1.807) is 4.90 Å². The Morgan fingerprint density at radius 2 is 2.31 bits per heavy atom. The minimum absolute atomic E-state index is 0.0279. The lowest BCUT2D eigenvalue weighted by molar-refractivity contribution is -0.140. The maximum Gasteiger partial charge on any atom is 0.254 e. The van der Waals surface area contributed by atoms with Gasteiger partial charge < -0.3 is 4.90 Å². The highest BCUT2D eigenvalue weighted by Gasteiger charge is 2.42. The molecule has 0 aromatic heterocycles. The molecular weight excluding hydrogens is 212 g/mol. The average Bonchev–Trinajstić information content (AvgIpc) is 2.74. The summed E-state index contributed by atoms with van der Waals surface area (Å²) in [5.74, 6) is -3.37. The summed E-state index contributed by atoms with van der Waals surface area (Å²) >= 11 is 0. The third-order valence-electron chi connectivity index (χ3n) is 3.53. The lowest BCUT2D eigenvalue weighted by atomic mass is 9.95. The van der Waals surface area contributed by atoms with Crippen LogP contribution in [0.1, 0.15) is 32.6 Å². The number of amides is 1. The Morgan fingerprint density at radius 3 is 2.88 bits per heavy atom. The molecule has 0 saturated carbocycles. The van der Waals surface area contributed by atoms with E-state index in [9.17, 15) is 13.6 Å².